The Morgan fingerprint density at radius 1 is 0.917 bits per heavy atom. The third kappa shape index (κ3) is 4.11. The number of allylic oxidation sites excluding steroid dienone is 10. The molecule has 0 bridgehead atoms. The first kappa shape index (κ1) is 18.4. The van der Waals surface area contributed by atoms with Crippen LogP contribution in [-0.4, -0.2) is 11.6 Å². The van der Waals surface area contributed by atoms with E-state index in [9.17, 15) is 9.59 Å². The number of rotatable bonds is 2. The molecule has 0 aliphatic heterocycles. The molecule has 0 N–H and O–H groups in total. The third-order valence-corrected chi connectivity index (χ3v) is 4.42. The minimum absolute atomic E-state index is 0.0990. The van der Waals surface area contributed by atoms with Crippen molar-refractivity contribution in [3.8, 4) is 0 Å². The molecule has 24 heavy (non-hydrogen) atoms. The van der Waals surface area contributed by atoms with Crippen molar-refractivity contribution in [3.05, 3.63) is 59.3 Å². The van der Waals surface area contributed by atoms with Crippen molar-refractivity contribution in [1.82, 2.24) is 0 Å². The minimum atomic E-state index is -0.204. The molecule has 2 aliphatic carbocycles. The molecular formula is C22H28O2. The molecular weight excluding hydrogens is 296 g/mol. The van der Waals surface area contributed by atoms with Gasteiger partial charge in [-0.25, -0.2) is 0 Å². The quantitative estimate of drug-likeness (QED) is 0.704. The Hall–Kier alpha value is -1.96. The van der Waals surface area contributed by atoms with Crippen molar-refractivity contribution in [3.63, 3.8) is 0 Å². The number of hydrogen-bond acceptors (Lipinski definition) is 2. The van der Waals surface area contributed by atoms with E-state index >= 15 is 0 Å². The largest absolute Gasteiger partial charge is 0.294 e. The zero-order valence-electron chi connectivity index (χ0n) is 15.6. The number of Topliss-reactive ketones (excluding diaryl/α,β-unsaturated/α-hetero) is 1. The molecule has 0 aromatic rings. The molecule has 1 unspecified atom stereocenters. The molecule has 0 heterocycles. The van der Waals surface area contributed by atoms with E-state index in [0.717, 1.165) is 16.7 Å². The summed E-state index contributed by atoms with van der Waals surface area (Å²) in [6, 6.07) is 0. The first-order valence-corrected chi connectivity index (χ1v) is 8.58. The molecule has 2 rings (SSSR count). The van der Waals surface area contributed by atoms with Crippen molar-refractivity contribution in [1.29, 1.82) is 0 Å². The predicted molar refractivity (Wildman–Crippen MR) is 99.6 cm³/mol. The number of carbonyl (C=O) groups excluding carboxylic acids is 2. The van der Waals surface area contributed by atoms with Gasteiger partial charge in [0.25, 0.3) is 0 Å². The highest BCUT2D eigenvalue weighted by molar-refractivity contribution is 6.11. The summed E-state index contributed by atoms with van der Waals surface area (Å²) >= 11 is 0. The van der Waals surface area contributed by atoms with Gasteiger partial charge in [-0.05, 0) is 41.1 Å². The van der Waals surface area contributed by atoms with Gasteiger partial charge in [-0.3, -0.25) is 9.59 Å². The third-order valence-electron chi connectivity index (χ3n) is 4.42. The Morgan fingerprint density at radius 2 is 1.46 bits per heavy atom. The second-order valence-electron chi connectivity index (χ2n) is 8.64. The summed E-state index contributed by atoms with van der Waals surface area (Å²) < 4.78 is 0. The Kier molecular flexibility index (Phi) is 4.98. The van der Waals surface area contributed by atoms with Gasteiger partial charge in [0.15, 0.2) is 11.6 Å². The van der Waals surface area contributed by atoms with Crippen LogP contribution >= 0.6 is 0 Å². The fourth-order valence-corrected chi connectivity index (χ4v) is 2.91. The van der Waals surface area contributed by atoms with Crippen LogP contribution in [0, 0.1) is 16.7 Å². The molecule has 1 atom stereocenters. The van der Waals surface area contributed by atoms with Gasteiger partial charge in [0.2, 0.25) is 0 Å². The normalized spacial score (nSPS) is 21.8. The van der Waals surface area contributed by atoms with E-state index < -0.39 is 0 Å². The maximum absolute atomic E-state index is 12.9. The summed E-state index contributed by atoms with van der Waals surface area (Å²) in [4.78, 5) is 24.8. The lowest BCUT2D eigenvalue weighted by Crippen LogP contribution is -2.28. The van der Waals surface area contributed by atoms with E-state index in [0.29, 0.717) is 6.42 Å². The molecule has 0 aromatic carbocycles. The van der Waals surface area contributed by atoms with E-state index in [1.165, 1.54) is 0 Å². The van der Waals surface area contributed by atoms with Crippen LogP contribution in [0.15, 0.2) is 59.3 Å². The van der Waals surface area contributed by atoms with Gasteiger partial charge in [-0.1, -0.05) is 65.8 Å². The molecule has 2 nitrogen and oxygen atoms in total. The molecule has 0 amide bonds. The minimum Gasteiger partial charge on any atom is -0.294 e. The molecule has 2 heteroatoms. The zero-order valence-corrected chi connectivity index (χ0v) is 15.6. The van der Waals surface area contributed by atoms with E-state index in [1.807, 2.05) is 24.3 Å². The summed E-state index contributed by atoms with van der Waals surface area (Å²) in [6.07, 6.45) is 14.0. The monoisotopic (exact) mass is 324 g/mol. The highest BCUT2D eigenvalue weighted by atomic mass is 16.1. The maximum Gasteiger partial charge on any atom is 0.186 e. The van der Waals surface area contributed by atoms with Crippen LogP contribution in [0.3, 0.4) is 0 Å². The second kappa shape index (κ2) is 6.51. The Labute approximate surface area is 145 Å². The van der Waals surface area contributed by atoms with Gasteiger partial charge in [0.05, 0.1) is 0 Å². The molecule has 0 saturated heterocycles. The summed E-state index contributed by atoms with van der Waals surface area (Å²) in [6.45, 7) is 12.4. The van der Waals surface area contributed by atoms with Crippen LogP contribution in [0.1, 0.15) is 48.0 Å². The average molecular weight is 324 g/mol. The van der Waals surface area contributed by atoms with Crippen molar-refractivity contribution in [2.24, 2.45) is 16.7 Å². The smallest absolute Gasteiger partial charge is 0.186 e. The number of hydrogen-bond donors (Lipinski definition) is 0. The van der Waals surface area contributed by atoms with E-state index in [2.05, 4.69) is 47.6 Å². The molecule has 2 aliphatic rings. The number of ketones is 2. The zero-order chi connectivity index (χ0) is 18.1. The fraction of sp³-hybridized carbons (Fsp3) is 0.455. The van der Waals surface area contributed by atoms with Crippen LogP contribution in [-0.2, 0) is 9.59 Å². The van der Waals surface area contributed by atoms with Gasteiger partial charge in [0, 0.05) is 17.1 Å². The van der Waals surface area contributed by atoms with Crippen molar-refractivity contribution in [2.45, 2.75) is 48.0 Å². The summed E-state index contributed by atoms with van der Waals surface area (Å²) in [5.41, 5.74) is 2.30. The fourth-order valence-electron chi connectivity index (χ4n) is 2.91. The molecule has 128 valence electrons. The first-order valence-electron chi connectivity index (χ1n) is 8.58. The van der Waals surface area contributed by atoms with Crippen molar-refractivity contribution >= 4 is 11.6 Å². The van der Waals surface area contributed by atoms with Gasteiger partial charge in [-0.2, -0.15) is 0 Å². The lowest BCUT2D eigenvalue weighted by molar-refractivity contribution is -0.117. The maximum atomic E-state index is 12.9. The van der Waals surface area contributed by atoms with Crippen molar-refractivity contribution < 1.29 is 9.59 Å². The molecule has 0 fully saturated rings. The highest BCUT2D eigenvalue weighted by Gasteiger charge is 2.33. The predicted octanol–water partition coefficient (Wildman–Crippen LogP) is 5.14. The SMILES string of the molecule is CC(C)(C)C1=CC(=CCC2C=CC=CC2=O)C=C(C(C)(C)C)C1=O. The average Bonchev–Trinajstić information content (AvgIpc) is 2.45. The van der Waals surface area contributed by atoms with Gasteiger partial charge >= 0.3 is 0 Å². The van der Waals surface area contributed by atoms with Gasteiger partial charge in [0.1, 0.15) is 0 Å². The lowest BCUT2D eigenvalue weighted by Gasteiger charge is -2.31. The van der Waals surface area contributed by atoms with Crippen LogP contribution in [0.4, 0.5) is 0 Å². The summed E-state index contributed by atoms with van der Waals surface area (Å²) in [5.74, 6) is 0.183. The van der Waals surface area contributed by atoms with Crippen LogP contribution < -0.4 is 0 Å². The molecule has 0 spiro atoms. The van der Waals surface area contributed by atoms with Crippen LogP contribution in [0.2, 0.25) is 0 Å². The van der Waals surface area contributed by atoms with Gasteiger partial charge in [-0.15, -0.1) is 0 Å². The van der Waals surface area contributed by atoms with Crippen LogP contribution in [0.25, 0.3) is 0 Å². The topological polar surface area (TPSA) is 34.1 Å². The standard InChI is InChI=1S/C22H28O2/c1-21(2,3)17-13-15(14-18(20(17)24)22(4,5)6)11-12-16-9-7-8-10-19(16)23/h7-11,13-14,16H,12H2,1-6H3. The summed E-state index contributed by atoms with van der Waals surface area (Å²) in [7, 11) is 0. The molecule has 0 saturated carbocycles. The van der Waals surface area contributed by atoms with E-state index in [4.69, 9.17) is 0 Å². The molecule has 0 radical (unpaired) electrons. The van der Waals surface area contributed by atoms with Gasteiger partial charge < -0.3 is 0 Å². The summed E-state index contributed by atoms with van der Waals surface area (Å²) in [5, 5.41) is 0. The first-order chi connectivity index (χ1) is 11.0. The Morgan fingerprint density at radius 3 is 1.92 bits per heavy atom. The highest BCUT2D eigenvalue weighted by Crippen LogP contribution is 2.39. The van der Waals surface area contributed by atoms with E-state index in [1.54, 1.807) is 12.2 Å². The van der Waals surface area contributed by atoms with Crippen molar-refractivity contribution in [2.75, 3.05) is 0 Å². The Bertz CT molecular complexity index is 659. The second-order valence-corrected chi connectivity index (χ2v) is 8.64. The molecule has 0 aromatic heterocycles. The lowest BCUT2D eigenvalue weighted by atomic mass is 9.72. The number of carbonyl (C=O) groups is 2. The van der Waals surface area contributed by atoms with Crippen LogP contribution in [0.5, 0.6) is 0 Å². The Balaban J connectivity index is 2.37. The van der Waals surface area contributed by atoms with E-state index in [-0.39, 0.29) is 28.3 Å².